The minimum atomic E-state index is 0.0612. The average Bonchev–Trinajstić information content (AvgIpc) is 2.69. The Kier molecular flexibility index (Phi) is 2.96. The van der Waals surface area contributed by atoms with E-state index < -0.39 is 0 Å². The molecule has 0 saturated heterocycles. The third kappa shape index (κ3) is 1.82. The van der Waals surface area contributed by atoms with Crippen LogP contribution in [0.4, 0.5) is 0 Å². The predicted molar refractivity (Wildman–Crippen MR) is 70.8 cm³/mol. The highest BCUT2D eigenvalue weighted by Crippen LogP contribution is 2.69. The van der Waals surface area contributed by atoms with Gasteiger partial charge >= 0.3 is 0 Å². The average molecular weight is 247 g/mol. The van der Waals surface area contributed by atoms with Gasteiger partial charge in [-0.1, -0.05) is 27.7 Å². The summed E-state index contributed by atoms with van der Waals surface area (Å²) >= 11 is 0. The number of aromatic nitrogens is 1. The molecule has 1 heterocycles. The number of carbonyl (C=O) groups is 1. The smallest absolute Gasteiger partial charge is 0.168 e. The van der Waals surface area contributed by atoms with Gasteiger partial charge in [0.15, 0.2) is 5.78 Å². The van der Waals surface area contributed by atoms with Crippen molar-refractivity contribution in [2.75, 3.05) is 6.61 Å². The molecule has 1 fully saturated rings. The Morgan fingerprint density at radius 1 is 1.28 bits per heavy atom. The fourth-order valence-electron chi connectivity index (χ4n) is 2.82. The second-order valence-corrected chi connectivity index (χ2v) is 6.08. The van der Waals surface area contributed by atoms with Crippen LogP contribution in [0.1, 0.15) is 45.0 Å². The Morgan fingerprint density at radius 2 is 1.89 bits per heavy atom. The lowest BCUT2D eigenvalue weighted by atomic mass is 10.0. The summed E-state index contributed by atoms with van der Waals surface area (Å²) in [6, 6.07) is 1.79. The second kappa shape index (κ2) is 4.08. The van der Waals surface area contributed by atoms with Gasteiger partial charge in [0.25, 0.3) is 0 Å². The van der Waals surface area contributed by atoms with E-state index >= 15 is 0 Å². The van der Waals surface area contributed by atoms with Gasteiger partial charge in [-0.15, -0.1) is 0 Å². The molecule has 1 aliphatic rings. The van der Waals surface area contributed by atoms with Crippen molar-refractivity contribution < 1.29 is 9.53 Å². The zero-order valence-corrected chi connectivity index (χ0v) is 11.8. The maximum Gasteiger partial charge on any atom is 0.168 e. The van der Waals surface area contributed by atoms with Gasteiger partial charge in [0, 0.05) is 17.7 Å². The zero-order valence-electron chi connectivity index (χ0n) is 11.8. The number of carbonyl (C=O) groups excluding carboxylic acids is 1. The fourth-order valence-corrected chi connectivity index (χ4v) is 2.82. The van der Waals surface area contributed by atoms with Crippen molar-refractivity contribution in [1.82, 2.24) is 4.98 Å². The third-order valence-corrected chi connectivity index (χ3v) is 4.59. The Morgan fingerprint density at radius 3 is 2.39 bits per heavy atom. The van der Waals surface area contributed by atoms with Crippen LogP contribution in [0.15, 0.2) is 18.5 Å². The lowest BCUT2D eigenvalue weighted by Crippen LogP contribution is -2.08. The van der Waals surface area contributed by atoms with E-state index in [4.69, 9.17) is 4.74 Å². The first-order valence-corrected chi connectivity index (χ1v) is 6.44. The molecule has 18 heavy (non-hydrogen) atoms. The molecule has 2 rings (SSSR count). The quantitative estimate of drug-likeness (QED) is 0.766. The summed E-state index contributed by atoms with van der Waals surface area (Å²) in [5.41, 5.74) is 0.779. The molecule has 98 valence electrons. The van der Waals surface area contributed by atoms with Crippen LogP contribution in [0, 0.1) is 16.7 Å². The largest absolute Gasteiger partial charge is 0.492 e. The maximum absolute atomic E-state index is 12.5. The highest BCUT2D eigenvalue weighted by Gasteiger charge is 2.67. The lowest BCUT2D eigenvalue weighted by Gasteiger charge is -2.05. The van der Waals surface area contributed by atoms with Gasteiger partial charge in [0.2, 0.25) is 0 Å². The molecule has 3 heteroatoms. The van der Waals surface area contributed by atoms with E-state index in [0.717, 1.165) is 0 Å². The van der Waals surface area contributed by atoms with Gasteiger partial charge in [-0.3, -0.25) is 9.78 Å². The van der Waals surface area contributed by atoms with Gasteiger partial charge in [-0.25, -0.2) is 0 Å². The summed E-state index contributed by atoms with van der Waals surface area (Å²) in [5, 5.41) is 0. The Hall–Kier alpha value is -1.38. The number of rotatable bonds is 4. The summed E-state index contributed by atoms with van der Waals surface area (Å²) in [7, 11) is 0. The number of pyridine rings is 1. The van der Waals surface area contributed by atoms with Crippen molar-refractivity contribution in [1.29, 1.82) is 0 Å². The van der Waals surface area contributed by atoms with Gasteiger partial charge in [0.05, 0.1) is 12.8 Å². The minimum absolute atomic E-state index is 0.0612. The summed E-state index contributed by atoms with van der Waals surface area (Å²) in [6.45, 7) is 11.1. The van der Waals surface area contributed by atoms with Crippen LogP contribution in [-0.2, 0) is 0 Å². The molecule has 0 aromatic carbocycles. The first-order valence-electron chi connectivity index (χ1n) is 6.44. The summed E-state index contributed by atoms with van der Waals surface area (Å²) in [5.74, 6) is 0.919. The van der Waals surface area contributed by atoms with Crippen molar-refractivity contribution in [3.8, 4) is 5.75 Å². The van der Waals surface area contributed by atoms with Crippen molar-refractivity contribution in [2.24, 2.45) is 16.7 Å². The van der Waals surface area contributed by atoms with E-state index in [1.165, 1.54) is 0 Å². The Balaban J connectivity index is 2.23. The van der Waals surface area contributed by atoms with E-state index in [2.05, 4.69) is 32.7 Å². The molecule has 1 saturated carbocycles. The van der Waals surface area contributed by atoms with Crippen LogP contribution in [0.5, 0.6) is 5.75 Å². The molecule has 1 aromatic heterocycles. The molecule has 0 unspecified atom stereocenters. The van der Waals surface area contributed by atoms with E-state index in [0.29, 0.717) is 17.9 Å². The van der Waals surface area contributed by atoms with Crippen LogP contribution in [0.2, 0.25) is 0 Å². The normalized spacial score (nSPS) is 20.5. The van der Waals surface area contributed by atoms with Crippen LogP contribution < -0.4 is 4.74 Å². The number of hydrogen-bond acceptors (Lipinski definition) is 3. The minimum Gasteiger partial charge on any atom is -0.492 e. The molecule has 3 nitrogen and oxygen atoms in total. The summed E-state index contributed by atoms with van der Waals surface area (Å²) < 4.78 is 5.39. The van der Waals surface area contributed by atoms with Crippen molar-refractivity contribution >= 4 is 5.78 Å². The van der Waals surface area contributed by atoms with Gasteiger partial charge in [-0.2, -0.15) is 0 Å². The Bertz CT molecular complexity index is 463. The van der Waals surface area contributed by atoms with E-state index in [9.17, 15) is 4.79 Å². The summed E-state index contributed by atoms with van der Waals surface area (Å²) in [4.78, 5) is 16.6. The van der Waals surface area contributed by atoms with E-state index in [1.807, 2.05) is 6.92 Å². The van der Waals surface area contributed by atoms with Gasteiger partial charge in [0.1, 0.15) is 5.75 Å². The molecular weight excluding hydrogens is 226 g/mol. The van der Waals surface area contributed by atoms with Crippen LogP contribution >= 0.6 is 0 Å². The first kappa shape index (κ1) is 13.1. The standard InChI is InChI=1S/C15H21NO2/c1-6-18-11-7-10(8-16-9-11)12(17)13-14(2,3)15(13,4)5/h7-9,13H,6H2,1-5H3. The van der Waals surface area contributed by atoms with E-state index in [-0.39, 0.29) is 22.5 Å². The lowest BCUT2D eigenvalue weighted by molar-refractivity contribution is 0.0944. The SMILES string of the molecule is CCOc1cncc(C(=O)C2C(C)(C)C2(C)C)c1. The molecule has 1 aliphatic carbocycles. The van der Waals surface area contributed by atoms with Gasteiger partial charge < -0.3 is 4.74 Å². The molecule has 0 spiro atoms. The second-order valence-electron chi connectivity index (χ2n) is 6.08. The highest BCUT2D eigenvalue weighted by molar-refractivity contribution is 6.01. The topological polar surface area (TPSA) is 39.2 Å². The van der Waals surface area contributed by atoms with Crippen molar-refractivity contribution in [3.63, 3.8) is 0 Å². The molecule has 0 amide bonds. The van der Waals surface area contributed by atoms with E-state index in [1.54, 1.807) is 18.5 Å². The van der Waals surface area contributed by atoms with Crippen LogP contribution in [0.25, 0.3) is 0 Å². The van der Waals surface area contributed by atoms with Crippen LogP contribution in [-0.4, -0.2) is 17.4 Å². The first-order chi connectivity index (χ1) is 8.32. The molecule has 0 radical (unpaired) electrons. The van der Waals surface area contributed by atoms with Crippen molar-refractivity contribution in [2.45, 2.75) is 34.6 Å². The highest BCUT2D eigenvalue weighted by atomic mass is 16.5. The predicted octanol–water partition coefficient (Wildman–Crippen LogP) is 3.35. The summed E-state index contributed by atoms with van der Waals surface area (Å²) in [6.07, 6.45) is 3.28. The Labute approximate surface area is 109 Å². The zero-order chi connectivity index (χ0) is 13.6. The number of nitrogens with zero attached hydrogens (tertiary/aromatic N) is 1. The molecule has 1 aromatic rings. The van der Waals surface area contributed by atoms with Crippen molar-refractivity contribution in [3.05, 3.63) is 24.0 Å². The number of ketones is 1. The number of hydrogen-bond donors (Lipinski definition) is 0. The maximum atomic E-state index is 12.5. The molecule has 0 bridgehead atoms. The molecule has 0 atom stereocenters. The third-order valence-electron chi connectivity index (χ3n) is 4.59. The monoisotopic (exact) mass is 247 g/mol. The van der Waals surface area contributed by atoms with Crippen LogP contribution in [0.3, 0.4) is 0 Å². The fraction of sp³-hybridized carbons (Fsp3) is 0.600. The molecular formula is C15H21NO2. The molecule has 0 aliphatic heterocycles. The van der Waals surface area contributed by atoms with Gasteiger partial charge in [-0.05, 0) is 23.8 Å². The number of Topliss-reactive ketones (excluding diaryl/α,β-unsaturated/α-hetero) is 1. The number of ether oxygens (including phenoxy) is 1. The molecule has 0 N–H and O–H groups in total.